The molecule has 17 heavy (non-hydrogen) atoms. The van der Waals surface area contributed by atoms with Gasteiger partial charge in [0.1, 0.15) is 0 Å². The lowest BCUT2D eigenvalue weighted by Gasteiger charge is -2.16. The lowest BCUT2D eigenvalue weighted by atomic mass is 10.1. The zero-order valence-corrected chi connectivity index (χ0v) is 11.9. The molecule has 0 saturated carbocycles. The maximum absolute atomic E-state index is 10.8. The summed E-state index contributed by atoms with van der Waals surface area (Å²) in [7, 11) is 0. The van der Waals surface area contributed by atoms with Crippen molar-refractivity contribution in [2.75, 3.05) is 5.32 Å². The number of halogens is 1. The quantitative estimate of drug-likeness (QED) is 0.653. The van der Waals surface area contributed by atoms with E-state index in [-0.39, 0.29) is 10.6 Å². The van der Waals surface area contributed by atoms with Crippen molar-refractivity contribution >= 4 is 27.3 Å². The monoisotopic (exact) mass is 300 g/mol. The second-order valence-corrected chi connectivity index (χ2v) is 5.06. The van der Waals surface area contributed by atoms with Gasteiger partial charge in [-0.05, 0) is 42.3 Å². The van der Waals surface area contributed by atoms with Crippen molar-refractivity contribution in [1.29, 1.82) is 0 Å². The fourth-order valence-corrected chi connectivity index (χ4v) is 2.19. The number of nitro groups is 1. The zero-order valence-electron chi connectivity index (χ0n) is 10.3. The highest BCUT2D eigenvalue weighted by atomic mass is 79.9. The Morgan fingerprint density at radius 1 is 1.53 bits per heavy atom. The first-order valence-corrected chi connectivity index (χ1v) is 6.46. The molecule has 0 aliphatic rings. The molecular weight excluding hydrogens is 284 g/mol. The Labute approximate surface area is 110 Å². The van der Waals surface area contributed by atoms with Crippen LogP contribution in [0.2, 0.25) is 0 Å². The van der Waals surface area contributed by atoms with Gasteiger partial charge in [0.2, 0.25) is 0 Å². The van der Waals surface area contributed by atoms with Crippen LogP contribution in [-0.2, 0) is 0 Å². The van der Waals surface area contributed by atoms with Gasteiger partial charge < -0.3 is 5.32 Å². The molecule has 94 valence electrons. The molecular formula is C12H17BrN2O2. The van der Waals surface area contributed by atoms with Gasteiger partial charge in [0, 0.05) is 27.8 Å². The third-order valence-electron chi connectivity index (χ3n) is 2.61. The molecule has 1 N–H and O–H groups in total. The molecule has 0 heterocycles. The highest BCUT2D eigenvalue weighted by Gasteiger charge is 2.14. The van der Waals surface area contributed by atoms with Crippen LogP contribution in [0.25, 0.3) is 0 Å². The molecule has 0 amide bonds. The van der Waals surface area contributed by atoms with Gasteiger partial charge in [0.25, 0.3) is 5.69 Å². The summed E-state index contributed by atoms with van der Waals surface area (Å²) in [4.78, 5) is 10.4. The summed E-state index contributed by atoms with van der Waals surface area (Å²) in [5, 5.41) is 14.1. The van der Waals surface area contributed by atoms with Crippen molar-refractivity contribution in [3.05, 3.63) is 32.3 Å². The lowest BCUT2D eigenvalue weighted by Crippen LogP contribution is -2.15. The molecule has 5 heteroatoms. The predicted molar refractivity (Wildman–Crippen MR) is 73.5 cm³/mol. The first-order chi connectivity index (χ1) is 7.95. The molecule has 1 atom stereocenters. The van der Waals surface area contributed by atoms with Gasteiger partial charge in [0.05, 0.1) is 4.92 Å². The second kappa shape index (κ2) is 6.00. The number of hydrogen-bond acceptors (Lipinski definition) is 3. The smallest absolute Gasteiger partial charge is 0.273 e. The Kier molecular flexibility index (Phi) is 4.93. The standard InChI is InChI=1S/C12H17BrN2O2/c1-4-5-9(3)14-11-6-8(2)12(15(16)17)7-10(11)13/h6-7,9,14H,4-5H2,1-3H3. The molecule has 4 nitrogen and oxygen atoms in total. The Morgan fingerprint density at radius 2 is 2.18 bits per heavy atom. The van der Waals surface area contributed by atoms with Crippen LogP contribution in [0.4, 0.5) is 11.4 Å². The molecule has 1 aromatic carbocycles. The number of nitrogens with one attached hydrogen (secondary N) is 1. The van der Waals surface area contributed by atoms with Crippen molar-refractivity contribution < 1.29 is 4.92 Å². The number of hydrogen-bond donors (Lipinski definition) is 1. The van der Waals surface area contributed by atoms with E-state index in [2.05, 4.69) is 35.1 Å². The topological polar surface area (TPSA) is 55.2 Å². The molecule has 0 saturated heterocycles. The Hall–Kier alpha value is -1.10. The van der Waals surface area contributed by atoms with E-state index in [1.54, 1.807) is 13.0 Å². The van der Waals surface area contributed by atoms with E-state index >= 15 is 0 Å². The van der Waals surface area contributed by atoms with E-state index in [0.29, 0.717) is 11.6 Å². The Balaban J connectivity index is 2.95. The number of anilines is 1. The molecule has 0 aromatic heterocycles. The first kappa shape index (κ1) is 14.0. The van der Waals surface area contributed by atoms with Gasteiger partial charge in [-0.25, -0.2) is 0 Å². The summed E-state index contributed by atoms with van der Waals surface area (Å²) in [6.45, 7) is 5.99. The minimum atomic E-state index is -0.362. The fourth-order valence-electron chi connectivity index (χ4n) is 1.75. The number of aryl methyl sites for hydroxylation is 1. The van der Waals surface area contributed by atoms with Gasteiger partial charge in [-0.3, -0.25) is 10.1 Å². The van der Waals surface area contributed by atoms with Crippen LogP contribution < -0.4 is 5.32 Å². The maximum atomic E-state index is 10.8. The van der Waals surface area contributed by atoms with E-state index in [1.165, 1.54) is 0 Å². The summed E-state index contributed by atoms with van der Waals surface area (Å²) >= 11 is 3.36. The van der Waals surface area contributed by atoms with E-state index in [0.717, 1.165) is 23.0 Å². The molecule has 0 aliphatic heterocycles. The van der Waals surface area contributed by atoms with E-state index < -0.39 is 0 Å². The second-order valence-electron chi connectivity index (χ2n) is 4.21. The van der Waals surface area contributed by atoms with Crippen LogP contribution in [-0.4, -0.2) is 11.0 Å². The van der Waals surface area contributed by atoms with Crippen LogP contribution in [0.3, 0.4) is 0 Å². The molecule has 0 bridgehead atoms. The first-order valence-electron chi connectivity index (χ1n) is 5.66. The minimum Gasteiger partial charge on any atom is -0.382 e. The van der Waals surface area contributed by atoms with Crippen LogP contribution in [0.1, 0.15) is 32.3 Å². The predicted octanol–water partition coefficient (Wildman–Crippen LogP) is 4.27. The van der Waals surface area contributed by atoms with Gasteiger partial charge in [-0.1, -0.05) is 13.3 Å². The molecule has 1 unspecified atom stereocenters. The van der Waals surface area contributed by atoms with Gasteiger partial charge in [-0.15, -0.1) is 0 Å². The van der Waals surface area contributed by atoms with E-state index in [1.807, 2.05) is 6.07 Å². The largest absolute Gasteiger partial charge is 0.382 e. The van der Waals surface area contributed by atoms with E-state index in [4.69, 9.17) is 0 Å². The van der Waals surface area contributed by atoms with Crippen LogP contribution in [0.15, 0.2) is 16.6 Å². The van der Waals surface area contributed by atoms with Crippen molar-refractivity contribution in [2.24, 2.45) is 0 Å². The third-order valence-corrected chi connectivity index (χ3v) is 3.26. The highest BCUT2D eigenvalue weighted by molar-refractivity contribution is 9.10. The van der Waals surface area contributed by atoms with Gasteiger partial charge in [-0.2, -0.15) is 0 Å². The average Bonchev–Trinajstić information content (AvgIpc) is 2.22. The average molecular weight is 301 g/mol. The lowest BCUT2D eigenvalue weighted by molar-refractivity contribution is -0.385. The van der Waals surface area contributed by atoms with Crippen molar-refractivity contribution in [1.82, 2.24) is 0 Å². The summed E-state index contributed by atoms with van der Waals surface area (Å²) in [5.41, 5.74) is 1.73. The third kappa shape index (κ3) is 3.70. The Morgan fingerprint density at radius 3 is 2.71 bits per heavy atom. The zero-order chi connectivity index (χ0) is 13.0. The highest BCUT2D eigenvalue weighted by Crippen LogP contribution is 2.31. The maximum Gasteiger partial charge on any atom is 0.273 e. The van der Waals surface area contributed by atoms with Crippen LogP contribution in [0, 0.1) is 17.0 Å². The molecule has 0 spiro atoms. The number of nitro benzene ring substituents is 1. The molecule has 1 rings (SSSR count). The summed E-state index contributed by atoms with van der Waals surface area (Å²) in [6.07, 6.45) is 2.18. The number of benzene rings is 1. The number of nitrogens with zero attached hydrogens (tertiary/aromatic N) is 1. The van der Waals surface area contributed by atoms with E-state index in [9.17, 15) is 10.1 Å². The molecule has 1 aromatic rings. The Bertz CT molecular complexity index is 421. The number of rotatable bonds is 5. The SMILES string of the molecule is CCCC(C)Nc1cc(C)c([N+](=O)[O-])cc1Br. The van der Waals surface area contributed by atoms with Gasteiger partial charge in [0.15, 0.2) is 0 Å². The minimum absolute atomic E-state index is 0.144. The summed E-state index contributed by atoms with van der Waals surface area (Å²) < 4.78 is 0.734. The van der Waals surface area contributed by atoms with Crippen molar-refractivity contribution in [3.8, 4) is 0 Å². The molecule has 0 aliphatic carbocycles. The fraction of sp³-hybridized carbons (Fsp3) is 0.500. The van der Waals surface area contributed by atoms with Gasteiger partial charge >= 0.3 is 0 Å². The summed E-state index contributed by atoms with van der Waals surface area (Å²) in [5.74, 6) is 0. The molecule has 0 fully saturated rings. The normalized spacial score (nSPS) is 12.2. The molecule has 0 radical (unpaired) electrons. The summed E-state index contributed by atoms with van der Waals surface area (Å²) in [6, 6.07) is 3.72. The van der Waals surface area contributed by atoms with Crippen LogP contribution >= 0.6 is 15.9 Å². The van der Waals surface area contributed by atoms with Crippen molar-refractivity contribution in [3.63, 3.8) is 0 Å². The van der Waals surface area contributed by atoms with Crippen LogP contribution in [0.5, 0.6) is 0 Å². The van der Waals surface area contributed by atoms with Crippen molar-refractivity contribution in [2.45, 2.75) is 39.7 Å².